The van der Waals surface area contributed by atoms with Crippen LogP contribution >= 0.6 is 0 Å². The smallest absolute Gasteiger partial charge is 0.307 e. The van der Waals surface area contributed by atoms with Gasteiger partial charge in [-0.1, -0.05) is 25.7 Å². The fourth-order valence-corrected chi connectivity index (χ4v) is 2.34. The average Bonchev–Trinajstić information content (AvgIpc) is 2.47. The van der Waals surface area contributed by atoms with E-state index in [-0.39, 0.29) is 19.4 Å². The quantitative estimate of drug-likeness (QED) is 0.283. The van der Waals surface area contributed by atoms with Gasteiger partial charge in [-0.3, -0.25) is 14.4 Å². The lowest BCUT2D eigenvalue weighted by Gasteiger charge is -2.28. The normalized spacial score (nSPS) is 15.0. The fraction of sp³-hybridized carbons (Fsp3) is 0.824. The monoisotopic (exact) mass is 349 g/mol. The number of esters is 1. The highest BCUT2D eigenvalue weighted by Gasteiger charge is 2.24. The molecule has 0 heterocycles. The Morgan fingerprint density at radius 3 is 2.00 bits per heavy atom. The Bertz CT molecular complexity index is 494. The first-order valence-electron chi connectivity index (χ1n) is 9.81. The molecule has 0 amide bonds. The Balaban J connectivity index is 4.23. The van der Waals surface area contributed by atoms with Gasteiger partial charge in [0.25, 0.3) is 0 Å². The SMILES string of the molecule is [2H]C([2H])([2H])[N+](C)(C)C[C@@H](CC(=O)O)OC(=O)CCCCCCCCC(=O)O. The number of unbranched alkanes of at least 4 members (excludes halogenated alkanes) is 5. The standard InChI is InChI=1S/C17H31NO6/c1-18(2,3)13-14(12-16(21)22)24-17(23)11-9-7-5-4-6-8-10-15(19)20/h14H,4-13H2,1-3H3,(H-,19,20,21,22)/p+1/t14-/m1/s1/i1D3. The molecular formula is C17H32NO6+. The molecule has 0 bridgehead atoms. The van der Waals surface area contributed by atoms with Crippen LogP contribution in [0.1, 0.15) is 61.9 Å². The van der Waals surface area contributed by atoms with Gasteiger partial charge in [0.1, 0.15) is 6.54 Å². The molecule has 7 heteroatoms. The molecule has 0 aliphatic heterocycles. The molecule has 0 aliphatic rings. The summed E-state index contributed by atoms with van der Waals surface area (Å²) in [7, 11) is 2.89. The van der Waals surface area contributed by atoms with Gasteiger partial charge in [-0.25, -0.2) is 0 Å². The Hall–Kier alpha value is -1.63. The number of carboxylic acids is 2. The van der Waals surface area contributed by atoms with Gasteiger partial charge in [0.05, 0.1) is 31.6 Å². The maximum Gasteiger partial charge on any atom is 0.307 e. The van der Waals surface area contributed by atoms with E-state index in [9.17, 15) is 14.4 Å². The minimum atomic E-state index is -2.34. The van der Waals surface area contributed by atoms with Crippen molar-refractivity contribution in [3.8, 4) is 0 Å². The van der Waals surface area contributed by atoms with Crippen LogP contribution in [0.15, 0.2) is 0 Å². The highest BCUT2D eigenvalue weighted by atomic mass is 16.5. The predicted molar refractivity (Wildman–Crippen MR) is 89.6 cm³/mol. The van der Waals surface area contributed by atoms with Gasteiger partial charge in [0, 0.05) is 12.8 Å². The maximum absolute atomic E-state index is 12.0. The van der Waals surface area contributed by atoms with E-state index in [0.717, 1.165) is 25.7 Å². The van der Waals surface area contributed by atoms with Crippen molar-refractivity contribution in [1.82, 2.24) is 0 Å². The topological polar surface area (TPSA) is 101 Å². The highest BCUT2D eigenvalue weighted by molar-refractivity contribution is 5.71. The van der Waals surface area contributed by atoms with E-state index in [2.05, 4.69) is 0 Å². The Morgan fingerprint density at radius 1 is 0.958 bits per heavy atom. The van der Waals surface area contributed by atoms with E-state index in [1.54, 1.807) is 0 Å². The largest absolute Gasteiger partial charge is 0.481 e. The summed E-state index contributed by atoms with van der Waals surface area (Å²) < 4.78 is 27.3. The molecule has 0 rings (SSSR count). The number of hydrogen-bond acceptors (Lipinski definition) is 4. The Kier molecular flexibility index (Phi) is 8.48. The number of likely N-dealkylation sites (N-methyl/N-ethyl adjacent to an activating group) is 1. The van der Waals surface area contributed by atoms with Gasteiger partial charge in [-0.15, -0.1) is 0 Å². The molecule has 0 aliphatic carbocycles. The van der Waals surface area contributed by atoms with Gasteiger partial charge < -0.3 is 19.4 Å². The van der Waals surface area contributed by atoms with Crippen LogP contribution in [0.4, 0.5) is 0 Å². The summed E-state index contributed by atoms with van der Waals surface area (Å²) in [5.41, 5.74) is 0. The lowest BCUT2D eigenvalue weighted by molar-refractivity contribution is -0.873. The molecule has 0 aromatic heterocycles. The molecule has 140 valence electrons. The lowest BCUT2D eigenvalue weighted by atomic mass is 10.1. The fourth-order valence-electron chi connectivity index (χ4n) is 2.34. The summed E-state index contributed by atoms with van der Waals surface area (Å²) in [6.45, 7) is -2.46. The van der Waals surface area contributed by atoms with Crippen molar-refractivity contribution in [2.24, 2.45) is 0 Å². The molecule has 0 fully saturated rings. The van der Waals surface area contributed by atoms with E-state index in [1.807, 2.05) is 0 Å². The van der Waals surface area contributed by atoms with Crippen molar-refractivity contribution >= 4 is 17.9 Å². The molecule has 0 saturated heterocycles. The highest BCUT2D eigenvalue weighted by Crippen LogP contribution is 2.11. The molecule has 1 atom stereocenters. The number of aliphatic carboxylic acids is 2. The molecular weight excluding hydrogens is 314 g/mol. The van der Waals surface area contributed by atoms with Gasteiger partial charge in [-0.2, -0.15) is 0 Å². The van der Waals surface area contributed by atoms with Crippen LogP contribution in [0, 0.1) is 0 Å². The minimum absolute atomic E-state index is 0.113. The zero-order valence-electron chi connectivity index (χ0n) is 17.6. The number of nitrogens with zero attached hydrogens (tertiary/aromatic N) is 1. The summed E-state index contributed by atoms with van der Waals surface area (Å²) in [6, 6.07) is 0. The number of carboxylic acid groups (broad SMARTS) is 2. The zero-order chi connectivity index (χ0) is 21.1. The first-order chi connectivity index (χ1) is 12.3. The predicted octanol–water partition coefficient (Wildman–Crippen LogP) is 2.28. The molecule has 0 unspecified atom stereocenters. The van der Waals surface area contributed by atoms with Crippen LogP contribution in [0.2, 0.25) is 0 Å². The number of hydrogen-bond donors (Lipinski definition) is 2. The molecule has 0 spiro atoms. The Morgan fingerprint density at radius 2 is 1.50 bits per heavy atom. The average molecular weight is 349 g/mol. The maximum atomic E-state index is 12.0. The third-order valence-corrected chi connectivity index (χ3v) is 3.38. The van der Waals surface area contributed by atoms with Gasteiger partial charge >= 0.3 is 17.9 Å². The number of carbonyl (C=O) groups is 3. The van der Waals surface area contributed by atoms with E-state index < -0.39 is 41.9 Å². The van der Waals surface area contributed by atoms with Crippen LogP contribution in [0.5, 0.6) is 0 Å². The van der Waals surface area contributed by atoms with Crippen LogP contribution in [-0.4, -0.2) is 66.3 Å². The van der Waals surface area contributed by atoms with Gasteiger partial charge in [0.2, 0.25) is 0 Å². The van der Waals surface area contributed by atoms with Crippen LogP contribution in [0.3, 0.4) is 0 Å². The van der Waals surface area contributed by atoms with Crippen molar-refractivity contribution in [3.05, 3.63) is 0 Å². The van der Waals surface area contributed by atoms with Crippen molar-refractivity contribution in [3.63, 3.8) is 0 Å². The molecule has 0 aromatic rings. The zero-order valence-corrected chi connectivity index (χ0v) is 14.6. The first kappa shape index (κ1) is 17.2. The minimum Gasteiger partial charge on any atom is -0.481 e. The number of ether oxygens (including phenoxy) is 1. The second-order valence-corrected chi connectivity index (χ2v) is 6.59. The third kappa shape index (κ3) is 15.3. The van der Waals surface area contributed by atoms with Crippen LogP contribution in [-0.2, 0) is 19.1 Å². The lowest BCUT2D eigenvalue weighted by Crippen LogP contribution is -2.43. The molecule has 7 nitrogen and oxygen atoms in total. The molecule has 0 saturated carbocycles. The van der Waals surface area contributed by atoms with Gasteiger partial charge in [-0.05, 0) is 12.8 Å². The van der Waals surface area contributed by atoms with E-state index in [0.29, 0.717) is 12.8 Å². The second kappa shape index (κ2) is 11.8. The third-order valence-electron chi connectivity index (χ3n) is 3.38. The van der Waals surface area contributed by atoms with Crippen molar-refractivity contribution in [1.29, 1.82) is 0 Å². The molecule has 24 heavy (non-hydrogen) atoms. The van der Waals surface area contributed by atoms with Crippen LogP contribution < -0.4 is 0 Å². The summed E-state index contributed by atoms with van der Waals surface area (Å²) in [5, 5.41) is 17.5. The molecule has 0 radical (unpaired) electrons. The van der Waals surface area contributed by atoms with Crippen LogP contribution in [0.25, 0.3) is 0 Å². The summed E-state index contributed by atoms with van der Waals surface area (Å²) >= 11 is 0. The first-order valence-corrected chi connectivity index (χ1v) is 8.31. The molecule has 0 aromatic carbocycles. The Labute approximate surface area is 148 Å². The van der Waals surface area contributed by atoms with Gasteiger partial charge in [0.15, 0.2) is 6.10 Å². The van der Waals surface area contributed by atoms with E-state index in [1.165, 1.54) is 14.1 Å². The van der Waals surface area contributed by atoms with Crippen molar-refractivity contribution in [2.45, 2.75) is 63.9 Å². The number of quaternary nitrogens is 1. The van der Waals surface area contributed by atoms with E-state index >= 15 is 0 Å². The second-order valence-electron chi connectivity index (χ2n) is 6.59. The summed E-state index contributed by atoms with van der Waals surface area (Å²) in [4.78, 5) is 33.3. The summed E-state index contributed by atoms with van der Waals surface area (Å²) in [5.74, 6) is -2.48. The van der Waals surface area contributed by atoms with E-state index in [4.69, 9.17) is 19.1 Å². The van der Waals surface area contributed by atoms with Crippen molar-refractivity contribution < 1.29 is 37.9 Å². The molecule has 2 N–H and O–H groups in total. The number of carbonyl (C=O) groups excluding carboxylic acids is 1. The number of rotatable bonds is 14. The summed E-state index contributed by atoms with van der Waals surface area (Å²) in [6.07, 6.45) is 3.52. The van der Waals surface area contributed by atoms with Crippen molar-refractivity contribution in [2.75, 3.05) is 27.6 Å².